The van der Waals surface area contributed by atoms with Gasteiger partial charge in [-0.05, 0) is 5.75 Å². The van der Waals surface area contributed by atoms with Gasteiger partial charge in [0.25, 0.3) is 0 Å². The molecule has 0 aromatic heterocycles. The van der Waals surface area contributed by atoms with Gasteiger partial charge in [0.15, 0.2) is 0 Å². The molecule has 0 aliphatic rings. The summed E-state index contributed by atoms with van der Waals surface area (Å²) in [5.41, 5.74) is 9.75. The number of hydrogen-bond donors (Lipinski definition) is 2. The molecule has 0 heterocycles. The summed E-state index contributed by atoms with van der Waals surface area (Å²) >= 11 is 1.48. The van der Waals surface area contributed by atoms with Crippen molar-refractivity contribution in [3.05, 3.63) is 0 Å². The van der Waals surface area contributed by atoms with Crippen molar-refractivity contribution in [2.45, 2.75) is 6.92 Å². The Hall–Kier alpha value is 0.460. The molecule has 0 atom stereocenters. The Morgan fingerprint density at radius 1 is 1.67 bits per heavy atom. The molecule has 0 radical (unpaired) electrons. The van der Waals surface area contributed by atoms with Crippen molar-refractivity contribution >= 4 is 19.4 Å². The summed E-state index contributed by atoms with van der Waals surface area (Å²) in [6.07, 6.45) is 0. The van der Waals surface area contributed by atoms with Gasteiger partial charge in [0.2, 0.25) is 0 Å². The third kappa shape index (κ3) is 8.46. The third-order valence-electron chi connectivity index (χ3n) is 0.542. The van der Waals surface area contributed by atoms with Crippen LogP contribution in [-0.4, -0.2) is 11.7 Å². The molecule has 0 aliphatic carbocycles. The Morgan fingerprint density at radius 3 is 2.56 bits per heavy atom. The second kappa shape index (κ2) is 4.30. The summed E-state index contributed by atoms with van der Waals surface area (Å²) < 4.78 is 15.0. The van der Waals surface area contributed by atoms with Crippen molar-refractivity contribution in [2.24, 2.45) is 11.0 Å². The average Bonchev–Trinajstić information content (AvgIpc) is 1.63. The molecule has 0 amide bonds. The first kappa shape index (κ1) is 9.46. The predicted octanol–water partition coefficient (Wildman–Crippen LogP) is 0.739. The van der Waals surface area contributed by atoms with Crippen LogP contribution in [0.5, 0.6) is 0 Å². The molecule has 4 N–H and O–H groups in total. The van der Waals surface area contributed by atoms with Gasteiger partial charge in [-0.25, -0.2) is 11.0 Å². The van der Waals surface area contributed by atoms with E-state index in [1.807, 2.05) is 6.92 Å². The summed E-state index contributed by atoms with van der Waals surface area (Å²) in [5, 5.41) is 0. The van der Waals surface area contributed by atoms with E-state index in [0.29, 0.717) is 5.94 Å². The monoisotopic (exact) mass is 170 g/mol. The smallest absolute Gasteiger partial charge is 0.296 e. The lowest BCUT2D eigenvalue weighted by Gasteiger charge is -2.04. The average molecular weight is 170 g/mol. The first-order valence-corrected chi connectivity index (χ1v) is 5.37. The van der Waals surface area contributed by atoms with E-state index in [4.69, 9.17) is 11.0 Å². The third-order valence-corrected chi connectivity index (χ3v) is 1.94. The summed E-state index contributed by atoms with van der Waals surface area (Å²) in [7, 11) is -3.22. The molecule has 0 saturated carbocycles. The van der Waals surface area contributed by atoms with Crippen molar-refractivity contribution in [1.82, 2.24) is 0 Å². The van der Waals surface area contributed by atoms with Crippen LogP contribution in [-0.2, 0) is 9.09 Å². The van der Waals surface area contributed by atoms with Crippen LogP contribution in [0.4, 0.5) is 0 Å². The Kier molecular flexibility index (Phi) is 4.52. The Balaban J connectivity index is 3.18. The van der Waals surface area contributed by atoms with E-state index >= 15 is 0 Å². The van der Waals surface area contributed by atoms with Crippen LogP contribution < -0.4 is 11.0 Å². The van der Waals surface area contributed by atoms with E-state index in [1.54, 1.807) is 0 Å². The molecule has 0 bridgehead atoms. The molecular weight excluding hydrogens is 159 g/mol. The number of nitrogens with two attached hydrogens (primary N) is 2. The molecule has 4 nitrogen and oxygen atoms in total. The molecule has 0 aromatic rings. The first-order valence-electron chi connectivity index (χ1n) is 2.45. The quantitative estimate of drug-likeness (QED) is 0.369. The highest BCUT2D eigenvalue weighted by Gasteiger charge is 2.06. The lowest BCUT2D eigenvalue weighted by atomic mass is 11.0. The van der Waals surface area contributed by atoms with Gasteiger partial charge in [-0.3, -0.25) is 9.09 Å². The molecular formula is C3H11N2O2PS. The normalized spacial score (nSPS) is 11.9. The van der Waals surface area contributed by atoms with Gasteiger partial charge >= 0.3 is 7.67 Å². The topological polar surface area (TPSA) is 78.3 Å². The number of hydrogen-bond acceptors (Lipinski definition) is 3. The minimum atomic E-state index is -3.22. The second-order valence-electron chi connectivity index (χ2n) is 1.38. The van der Waals surface area contributed by atoms with E-state index in [0.717, 1.165) is 5.75 Å². The van der Waals surface area contributed by atoms with Crippen LogP contribution in [0.2, 0.25) is 0 Å². The fourth-order valence-electron chi connectivity index (χ4n) is 0.203. The van der Waals surface area contributed by atoms with Crippen molar-refractivity contribution in [2.75, 3.05) is 11.7 Å². The summed E-state index contributed by atoms with van der Waals surface area (Å²) in [4.78, 5) is 0. The summed E-state index contributed by atoms with van der Waals surface area (Å²) in [5.74, 6) is 1.21. The van der Waals surface area contributed by atoms with Gasteiger partial charge in [0.1, 0.15) is 5.94 Å². The molecule has 0 fully saturated rings. The molecule has 0 aromatic carbocycles. The molecule has 0 rings (SSSR count). The van der Waals surface area contributed by atoms with Gasteiger partial charge in [-0.2, -0.15) is 0 Å². The van der Waals surface area contributed by atoms with Gasteiger partial charge in [0, 0.05) is 0 Å². The molecule has 9 heavy (non-hydrogen) atoms. The van der Waals surface area contributed by atoms with E-state index < -0.39 is 7.67 Å². The molecule has 56 valence electrons. The van der Waals surface area contributed by atoms with Crippen molar-refractivity contribution in [3.63, 3.8) is 0 Å². The Bertz CT molecular complexity index is 114. The summed E-state index contributed by atoms with van der Waals surface area (Å²) in [6.45, 7) is 1.96. The van der Waals surface area contributed by atoms with Crippen LogP contribution in [0, 0.1) is 0 Å². The van der Waals surface area contributed by atoms with Gasteiger partial charge in [-0.15, -0.1) is 11.8 Å². The maximum absolute atomic E-state index is 10.4. The van der Waals surface area contributed by atoms with Crippen LogP contribution in [0.25, 0.3) is 0 Å². The molecule has 0 saturated heterocycles. The van der Waals surface area contributed by atoms with Crippen LogP contribution in [0.3, 0.4) is 0 Å². The standard InChI is InChI=1S/C3H11N2O2PS/c1-2-9-3-7-8(4,5)6/h2-3H2,1H3,(H4,4,5,6). The lowest BCUT2D eigenvalue weighted by molar-refractivity contribution is 0.378. The molecule has 0 unspecified atom stereocenters. The van der Waals surface area contributed by atoms with Gasteiger partial charge < -0.3 is 0 Å². The maximum Gasteiger partial charge on any atom is 0.336 e. The fraction of sp³-hybridized carbons (Fsp3) is 1.00. The van der Waals surface area contributed by atoms with Gasteiger partial charge in [0.05, 0.1) is 0 Å². The zero-order valence-corrected chi connectivity index (χ0v) is 6.95. The first-order chi connectivity index (χ1) is 4.06. The SMILES string of the molecule is CCSCOP(N)(N)=O. The van der Waals surface area contributed by atoms with Crippen molar-refractivity contribution < 1.29 is 9.09 Å². The minimum absolute atomic E-state index is 0.306. The minimum Gasteiger partial charge on any atom is -0.296 e. The van der Waals surface area contributed by atoms with Crippen LogP contribution >= 0.6 is 19.4 Å². The maximum atomic E-state index is 10.4. The van der Waals surface area contributed by atoms with E-state index in [9.17, 15) is 4.57 Å². The lowest BCUT2D eigenvalue weighted by Crippen LogP contribution is -2.07. The van der Waals surface area contributed by atoms with Crippen molar-refractivity contribution in [1.29, 1.82) is 0 Å². The zero-order chi connectivity index (χ0) is 7.33. The van der Waals surface area contributed by atoms with Crippen LogP contribution in [0.15, 0.2) is 0 Å². The summed E-state index contributed by atoms with van der Waals surface area (Å²) in [6, 6.07) is 0. The zero-order valence-electron chi connectivity index (χ0n) is 5.24. The molecule has 6 heteroatoms. The van der Waals surface area contributed by atoms with E-state index in [-0.39, 0.29) is 0 Å². The second-order valence-corrected chi connectivity index (χ2v) is 4.15. The van der Waals surface area contributed by atoms with Crippen molar-refractivity contribution in [3.8, 4) is 0 Å². The Labute approximate surface area is 58.9 Å². The molecule has 0 aliphatic heterocycles. The highest BCUT2D eigenvalue weighted by molar-refractivity contribution is 7.99. The highest BCUT2D eigenvalue weighted by Crippen LogP contribution is 2.27. The predicted molar refractivity (Wildman–Crippen MR) is 40.1 cm³/mol. The fourth-order valence-corrected chi connectivity index (χ4v) is 1.33. The largest absolute Gasteiger partial charge is 0.336 e. The number of rotatable bonds is 4. The molecule has 0 spiro atoms. The highest BCUT2D eigenvalue weighted by atomic mass is 32.2. The Morgan fingerprint density at radius 2 is 2.22 bits per heavy atom. The van der Waals surface area contributed by atoms with Crippen LogP contribution in [0.1, 0.15) is 6.92 Å². The van der Waals surface area contributed by atoms with E-state index in [1.165, 1.54) is 11.8 Å². The van der Waals surface area contributed by atoms with E-state index in [2.05, 4.69) is 4.52 Å². The number of thioether (sulfide) groups is 1. The van der Waals surface area contributed by atoms with Gasteiger partial charge in [-0.1, -0.05) is 6.92 Å².